The lowest BCUT2D eigenvalue weighted by Crippen LogP contribution is -2.51. The number of benzene rings is 3. The van der Waals surface area contributed by atoms with Gasteiger partial charge in [-0.2, -0.15) is 13.2 Å². The van der Waals surface area contributed by atoms with Gasteiger partial charge in [-0.05, 0) is 65.6 Å². The lowest BCUT2D eigenvalue weighted by molar-refractivity contribution is -0.177. The first-order valence-corrected chi connectivity index (χ1v) is 15.6. The van der Waals surface area contributed by atoms with Gasteiger partial charge in [0.2, 0.25) is 11.7 Å². The van der Waals surface area contributed by atoms with Crippen LogP contribution in [0.4, 0.5) is 13.2 Å². The second-order valence-corrected chi connectivity index (χ2v) is 11.9. The van der Waals surface area contributed by atoms with Crippen LogP contribution in [-0.4, -0.2) is 67.0 Å². The SMILES string of the molecule is COc1ccc([C@H](NC(=O)[C@H](Cc2cccc(Cl)c2)NC(=O)COc2ccc(OCC(=O)O)cc2)C(=O)C[C@H](C(=O)C(F)(F)F)C(C)C)cc1. The zero-order valence-electron chi connectivity index (χ0n) is 27.3. The molecule has 268 valence electrons. The number of nitrogens with one attached hydrogen (secondary N) is 2. The molecule has 11 nitrogen and oxygen atoms in total. The van der Waals surface area contributed by atoms with Crippen LogP contribution in [0.1, 0.15) is 37.4 Å². The molecule has 3 atom stereocenters. The summed E-state index contributed by atoms with van der Waals surface area (Å²) in [5.41, 5.74) is 0.747. The van der Waals surface area contributed by atoms with E-state index in [-0.39, 0.29) is 23.5 Å². The Kier molecular flexibility index (Phi) is 14.2. The van der Waals surface area contributed by atoms with E-state index in [0.29, 0.717) is 16.3 Å². The van der Waals surface area contributed by atoms with Gasteiger partial charge in [0.15, 0.2) is 19.0 Å². The third-order valence-corrected chi connectivity index (χ3v) is 7.67. The molecule has 0 saturated carbocycles. The maximum absolute atomic E-state index is 13.8. The number of alkyl halides is 3. The fourth-order valence-electron chi connectivity index (χ4n) is 4.84. The van der Waals surface area contributed by atoms with Crippen molar-refractivity contribution in [3.8, 4) is 17.2 Å². The fourth-order valence-corrected chi connectivity index (χ4v) is 5.05. The van der Waals surface area contributed by atoms with E-state index in [1.54, 1.807) is 24.3 Å². The number of carbonyl (C=O) groups excluding carboxylic acids is 4. The first-order valence-electron chi connectivity index (χ1n) is 15.3. The summed E-state index contributed by atoms with van der Waals surface area (Å²) in [6.07, 6.45) is -6.08. The first kappa shape index (κ1) is 39.3. The highest BCUT2D eigenvalue weighted by atomic mass is 35.5. The lowest BCUT2D eigenvalue weighted by atomic mass is 9.84. The smallest absolute Gasteiger partial charge is 0.450 e. The van der Waals surface area contributed by atoms with Gasteiger partial charge in [-0.3, -0.25) is 19.2 Å². The summed E-state index contributed by atoms with van der Waals surface area (Å²) in [5.74, 6) is -7.29. The molecule has 0 aromatic heterocycles. The number of halogens is 4. The van der Waals surface area contributed by atoms with Crippen molar-refractivity contribution >= 4 is 41.0 Å². The second kappa shape index (κ2) is 18.0. The number of ether oxygens (including phenoxy) is 3. The van der Waals surface area contributed by atoms with Crippen molar-refractivity contribution in [2.75, 3.05) is 20.3 Å². The molecule has 3 aromatic rings. The van der Waals surface area contributed by atoms with Gasteiger partial charge in [-0.25, -0.2) is 4.79 Å². The Morgan fingerprint density at radius 3 is 1.94 bits per heavy atom. The summed E-state index contributed by atoms with van der Waals surface area (Å²) in [5, 5.41) is 14.2. The van der Waals surface area contributed by atoms with Crippen molar-refractivity contribution in [2.45, 2.75) is 44.9 Å². The van der Waals surface area contributed by atoms with Crippen LogP contribution in [0.25, 0.3) is 0 Å². The van der Waals surface area contributed by atoms with Crippen molar-refractivity contribution in [3.05, 3.63) is 88.9 Å². The van der Waals surface area contributed by atoms with Gasteiger partial charge in [0.1, 0.15) is 29.3 Å². The summed E-state index contributed by atoms with van der Waals surface area (Å²) in [6, 6.07) is 15.3. The molecule has 2 amide bonds. The molecule has 0 aliphatic heterocycles. The minimum atomic E-state index is -5.17. The molecule has 0 unspecified atom stereocenters. The van der Waals surface area contributed by atoms with E-state index in [1.165, 1.54) is 69.5 Å². The first-order chi connectivity index (χ1) is 23.6. The molecule has 0 aliphatic carbocycles. The average molecular weight is 721 g/mol. The molecule has 0 radical (unpaired) electrons. The summed E-state index contributed by atoms with van der Waals surface area (Å²) in [6.45, 7) is 1.68. The van der Waals surface area contributed by atoms with Crippen LogP contribution in [0.2, 0.25) is 5.02 Å². The van der Waals surface area contributed by atoms with Gasteiger partial charge >= 0.3 is 12.1 Å². The molecule has 50 heavy (non-hydrogen) atoms. The van der Waals surface area contributed by atoms with Crippen molar-refractivity contribution in [1.29, 1.82) is 0 Å². The number of rotatable bonds is 18. The molecule has 0 saturated heterocycles. The van der Waals surface area contributed by atoms with Gasteiger partial charge in [0.25, 0.3) is 5.91 Å². The van der Waals surface area contributed by atoms with Crippen molar-refractivity contribution in [2.24, 2.45) is 11.8 Å². The number of hydrogen-bond acceptors (Lipinski definition) is 8. The maximum Gasteiger partial charge on any atom is 0.450 e. The molecule has 3 aromatic carbocycles. The Morgan fingerprint density at radius 1 is 0.840 bits per heavy atom. The molecule has 0 heterocycles. The summed E-state index contributed by atoms with van der Waals surface area (Å²) in [7, 11) is 1.41. The van der Waals surface area contributed by atoms with E-state index in [2.05, 4.69) is 10.6 Å². The Morgan fingerprint density at radius 2 is 1.42 bits per heavy atom. The normalized spacial score (nSPS) is 13.0. The monoisotopic (exact) mass is 720 g/mol. The highest BCUT2D eigenvalue weighted by molar-refractivity contribution is 6.30. The number of carboxylic acid groups (broad SMARTS) is 1. The molecule has 0 fully saturated rings. The van der Waals surface area contributed by atoms with Gasteiger partial charge in [0, 0.05) is 23.8 Å². The summed E-state index contributed by atoms with van der Waals surface area (Å²) >= 11 is 6.13. The molecule has 0 spiro atoms. The topological polar surface area (TPSA) is 157 Å². The second-order valence-electron chi connectivity index (χ2n) is 11.5. The maximum atomic E-state index is 13.8. The van der Waals surface area contributed by atoms with E-state index >= 15 is 0 Å². The molecular weight excluding hydrogens is 685 g/mol. The zero-order valence-corrected chi connectivity index (χ0v) is 28.0. The van der Waals surface area contributed by atoms with Gasteiger partial charge in [0.05, 0.1) is 7.11 Å². The van der Waals surface area contributed by atoms with E-state index in [0.717, 1.165) is 0 Å². The van der Waals surface area contributed by atoms with Crippen LogP contribution < -0.4 is 24.8 Å². The Hall–Kier alpha value is -5.11. The van der Waals surface area contributed by atoms with Crippen LogP contribution in [0.3, 0.4) is 0 Å². The number of methoxy groups -OCH3 is 1. The highest BCUT2D eigenvalue weighted by Gasteiger charge is 2.45. The van der Waals surface area contributed by atoms with Gasteiger partial charge in [-0.1, -0.05) is 49.7 Å². The molecule has 3 rings (SSSR count). The fraction of sp³-hybridized carbons (Fsp3) is 0.343. The predicted molar refractivity (Wildman–Crippen MR) is 175 cm³/mol. The molecule has 15 heteroatoms. The molecular formula is C35H36ClF3N2O9. The highest BCUT2D eigenvalue weighted by Crippen LogP contribution is 2.30. The third-order valence-electron chi connectivity index (χ3n) is 7.44. The number of ketones is 2. The Bertz CT molecular complexity index is 1650. The zero-order chi connectivity index (χ0) is 37.0. The van der Waals surface area contributed by atoms with Gasteiger partial charge in [-0.15, -0.1) is 0 Å². The molecule has 3 N–H and O–H groups in total. The number of Topliss-reactive ketones (excluding diaryl/α,β-unsaturated/α-hetero) is 2. The number of carboxylic acids is 1. The largest absolute Gasteiger partial charge is 0.497 e. The van der Waals surface area contributed by atoms with Crippen LogP contribution in [0, 0.1) is 11.8 Å². The van der Waals surface area contributed by atoms with E-state index in [9.17, 15) is 37.1 Å². The number of amides is 2. The van der Waals surface area contributed by atoms with E-state index in [1.807, 2.05) is 0 Å². The van der Waals surface area contributed by atoms with Crippen LogP contribution >= 0.6 is 11.6 Å². The van der Waals surface area contributed by atoms with Crippen LogP contribution in [-0.2, 0) is 30.4 Å². The number of hydrogen-bond donors (Lipinski definition) is 3. The van der Waals surface area contributed by atoms with Crippen molar-refractivity contribution in [3.63, 3.8) is 0 Å². The average Bonchev–Trinajstić information content (AvgIpc) is 3.07. The third kappa shape index (κ3) is 12.1. The summed E-state index contributed by atoms with van der Waals surface area (Å²) in [4.78, 5) is 63.4. The van der Waals surface area contributed by atoms with Gasteiger partial charge < -0.3 is 30.0 Å². The minimum absolute atomic E-state index is 0.0988. The van der Waals surface area contributed by atoms with Crippen LogP contribution in [0.15, 0.2) is 72.8 Å². The molecule has 0 aliphatic rings. The summed E-state index contributed by atoms with van der Waals surface area (Å²) < 4.78 is 55.9. The van der Waals surface area contributed by atoms with Crippen molar-refractivity contribution < 1.29 is 56.5 Å². The Balaban J connectivity index is 1.85. The van der Waals surface area contributed by atoms with E-state index < -0.39 is 79.1 Å². The van der Waals surface area contributed by atoms with Crippen molar-refractivity contribution in [1.82, 2.24) is 10.6 Å². The molecule has 0 bridgehead atoms. The Labute approximate surface area is 291 Å². The standard InChI is InChI=1S/C35H36ClF3N2O9/c1-20(2)27(33(46)35(37,38)39)17-29(42)32(22-7-9-24(48-3)10-8-22)41-34(47)28(16-21-5-4-6-23(36)15-21)40-30(43)18-49-25-11-13-26(14-12-25)50-19-31(44)45/h4-15,20,27-28,32H,16-19H2,1-3H3,(H,40,43)(H,41,47)(H,44,45)/t27-,28-,32-/m0/s1. The van der Waals surface area contributed by atoms with E-state index in [4.69, 9.17) is 30.9 Å². The number of aliphatic carboxylic acids is 1. The number of carbonyl (C=O) groups is 5. The van der Waals surface area contributed by atoms with Crippen LogP contribution in [0.5, 0.6) is 17.2 Å². The quantitative estimate of drug-likeness (QED) is 0.162. The minimum Gasteiger partial charge on any atom is -0.497 e. The lowest BCUT2D eigenvalue weighted by Gasteiger charge is -2.26. The predicted octanol–water partition coefficient (Wildman–Crippen LogP) is 5.14.